The van der Waals surface area contributed by atoms with Crippen LogP contribution in [0.2, 0.25) is 0 Å². The van der Waals surface area contributed by atoms with E-state index < -0.39 is 0 Å². The van der Waals surface area contributed by atoms with Gasteiger partial charge in [0.25, 0.3) is 0 Å². The average molecular weight is 179 g/mol. The molecule has 0 saturated heterocycles. The summed E-state index contributed by atoms with van der Waals surface area (Å²) in [4.78, 5) is 3.96. The fraction of sp³-hybridized carbons (Fsp3) is 0.444. The van der Waals surface area contributed by atoms with Crippen LogP contribution in [0, 0.1) is 0 Å². The van der Waals surface area contributed by atoms with Crippen LogP contribution in [0.3, 0.4) is 0 Å². The summed E-state index contributed by atoms with van der Waals surface area (Å²) < 4.78 is 0. The fourth-order valence-corrected chi connectivity index (χ4v) is 1.26. The lowest BCUT2D eigenvalue weighted by Gasteiger charge is -2.15. The summed E-state index contributed by atoms with van der Waals surface area (Å²) in [6, 6.07) is 3.62. The molecule has 0 amide bonds. The highest BCUT2D eigenvalue weighted by Gasteiger charge is 2.41. The standard InChI is InChI=1S/C9H13N3O/c10-8-2-1-7(5-11-8)12-9(6-13)3-4-9/h1-2,5,12-13H,3-4,6H2,(H2,10,11). The van der Waals surface area contributed by atoms with E-state index in [4.69, 9.17) is 10.8 Å². The van der Waals surface area contributed by atoms with Gasteiger partial charge in [0.1, 0.15) is 5.82 Å². The molecule has 1 fully saturated rings. The Kier molecular flexibility index (Phi) is 1.84. The maximum atomic E-state index is 9.06. The molecule has 0 aliphatic heterocycles. The van der Waals surface area contributed by atoms with Crippen molar-refractivity contribution >= 4 is 11.5 Å². The first kappa shape index (κ1) is 8.31. The number of aliphatic hydroxyl groups is 1. The van der Waals surface area contributed by atoms with Crippen LogP contribution in [0.15, 0.2) is 18.3 Å². The number of aliphatic hydroxyl groups excluding tert-OH is 1. The minimum atomic E-state index is -0.0855. The molecule has 1 heterocycles. The smallest absolute Gasteiger partial charge is 0.123 e. The first-order valence-corrected chi connectivity index (χ1v) is 4.35. The molecule has 0 radical (unpaired) electrons. The SMILES string of the molecule is Nc1ccc(NC2(CO)CC2)cn1. The zero-order chi connectivity index (χ0) is 9.31. The molecule has 0 aromatic carbocycles. The van der Waals surface area contributed by atoms with E-state index in [-0.39, 0.29) is 12.1 Å². The molecule has 1 aromatic rings. The predicted octanol–water partition coefficient (Wildman–Crippen LogP) is 0.601. The van der Waals surface area contributed by atoms with E-state index in [1.807, 2.05) is 6.07 Å². The number of hydrogen-bond acceptors (Lipinski definition) is 4. The number of nitrogens with one attached hydrogen (secondary N) is 1. The third-order valence-corrected chi connectivity index (χ3v) is 2.35. The highest BCUT2D eigenvalue weighted by atomic mass is 16.3. The van der Waals surface area contributed by atoms with E-state index in [2.05, 4.69) is 10.3 Å². The summed E-state index contributed by atoms with van der Waals surface area (Å²) in [7, 11) is 0. The topological polar surface area (TPSA) is 71.2 Å². The van der Waals surface area contributed by atoms with Gasteiger partial charge in [0.05, 0.1) is 24.0 Å². The Morgan fingerprint density at radius 2 is 2.31 bits per heavy atom. The number of aromatic nitrogens is 1. The average Bonchev–Trinajstić information content (AvgIpc) is 2.90. The molecule has 4 heteroatoms. The Hall–Kier alpha value is -1.29. The maximum Gasteiger partial charge on any atom is 0.123 e. The number of hydrogen-bond donors (Lipinski definition) is 3. The van der Waals surface area contributed by atoms with Crippen LogP contribution in [-0.2, 0) is 0 Å². The molecule has 0 spiro atoms. The second-order valence-electron chi connectivity index (χ2n) is 3.54. The van der Waals surface area contributed by atoms with Crippen molar-refractivity contribution in [2.75, 3.05) is 17.7 Å². The number of nitrogen functional groups attached to an aromatic ring is 1. The van der Waals surface area contributed by atoms with Gasteiger partial charge in [-0.3, -0.25) is 0 Å². The lowest BCUT2D eigenvalue weighted by atomic mass is 10.2. The summed E-state index contributed by atoms with van der Waals surface area (Å²) in [6.07, 6.45) is 3.73. The third-order valence-electron chi connectivity index (χ3n) is 2.35. The highest BCUT2D eigenvalue weighted by molar-refractivity contribution is 5.48. The molecule has 4 nitrogen and oxygen atoms in total. The molecule has 0 bridgehead atoms. The van der Waals surface area contributed by atoms with Crippen LogP contribution in [-0.4, -0.2) is 22.2 Å². The number of rotatable bonds is 3. The largest absolute Gasteiger partial charge is 0.394 e. The van der Waals surface area contributed by atoms with Crippen LogP contribution in [0.25, 0.3) is 0 Å². The minimum absolute atomic E-state index is 0.0855. The van der Waals surface area contributed by atoms with Crippen molar-refractivity contribution in [3.05, 3.63) is 18.3 Å². The predicted molar refractivity (Wildman–Crippen MR) is 51.3 cm³/mol. The molecule has 4 N–H and O–H groups in total. The molecule has 70 valence electrons. The zero-order valence-electron chi connectivity index (χ0n) is 7.33. The van der Waals surface area contributed by atoms with E-state index >= 15 is 0 Å². The zero-order valence-corrected chi connectivity index (χ0v) is 7.33. The van der Waals surface area contributed by atoms with E-state index in [0.717, 1.165) is 18.5 Å². The third kappa shape index (κ3) is 1.72. The number of pyridine rings is 1. The second-order valence-corrected chi connectivity index (χ2v) is 3.54. The van der Waals surface area contributed by atoms with Gasteiger partial charge >= 0.3 is 0 Å². The molecule has 2 rings (SSSR count). The number of nitrogens with two attached hydrogens (primary N) is 1. The van der Waals surface area contributed by atoms with Crippen LogP contribution in [0.4, 0.5) is 11.5 Å². The first-order valence-electron chi connectivity index (χ1n) is 4.35. The molecule has 13 heavy (non-hydrogen) atoms. The van der Waals surface area contributed by atoms with Gasteiger partial charge < -0.3 is 16.2 Å². The van der Waals surface area contributed by atoms with E-state index in [0.29, 0.717) is 5.82 Å². The van der Waals surface area contributed by atoms with Gasteiger partial charge in [-0.2, -0.15) is 0 Å². The van der Waals surface area contributed by atoms with Gasteiger partial charge in [0, 0.05) is 0 Å². The Morgan fingerprint density at radius 3 is 2.77 bits per heavy atom. The van der Waals surface area contributed by atoms with Crippen molar-refractivity contribution in [1.82, 2.24) is 4.98 Å². The van der Waals surface area contributed by atoms with Crippen molar-refractivity contribution < 1.29 is 5.11 Å². The fourth-order valence-electron chi connectivity index (χ4n) is 1.26. The van der Waals surface area contributed by atoms with Gasteiger partial charge in [-0.25, -0.2) is 4.98 Å². The number of nitrogens with zero attached hydrogens (tertiary/aromatic N) is 1. The molecule has 0 atom stereocenters. The van der Waals surface area contributed by atoms with Crippen molar-refractivity contribution in [3.63, 3.8) is 0 Å². The van der Waals surface area contributed by atoms with Gasteiger partial charge in [-0.15, -0.1) is 0 Å². The van der Waals surface area contributed by atoms with E-state index in [9.17, 15) is 0 Å². The van der Waals surface area contributed by atoms with Crippen molar-refractivity contribution in [1.29, 1.82) is 0 Å². The highest BCUT2D eigenvalue weighted by Crippen LogP contribution is 2.38. The molecule has 1 saturated carbocycles. The molecule has 1 aliphatic carbocycles. The monoisotopic (exact) mass is 179 g/mol. The lowest BCUT2D eigenvalue weighted by molar-refractivity contribution is 0.266. The van der Waals surface area contributed by atoms with Crippen LogP contribution in [0.5, 0.6) is 0 Å². The Bertz CT molecular complexity index is 292. The van der Waals surface area contributed by atoms with Crippen LogP contribution >= 0.6 is 0 Å². The van der Waals surface area contributed by atoms with Gasteiger partial charge in [0.2, 0.25) is 0 Å². The van der Waals surface area contributed by atoms with E-state index in [1.165, 1.54) is 0 Å². The quantitative estimate of drug-likeness (QED) is 0.635. The summed E-state index contributed by atoms with van der Waals surface area (Å²) in [6.45, 7) is 0.178. The Labute approximate surface area is 76.8 Å². The van der Waals surface area contributed by atoms with Gasteiger partial charge in [-0.05, 0) is 25.0 Å². The summed E-state index contributed by atoms with van der Waals surface area (Å²) in [5.41, 5.74) is 6.28. The normalized spacial score (nSPS) is 18.2. The Morgan fingerprint density at radius 1 is 1.54 bits per heavy atom. The molecule has 0 unspecified atom stereocenters. The van der Waals surface area contributed by atoms with Crippen molar-refractivity contribution in [2.45, 2.75) is 18.4 Å². The number of anilines is 2. The second kappa shape index (κ2) is 2.88. The van der Waals surface area contributed by atoms with Crippen LogP contribution in [0.1, 0.15) is 12.8 Å². The summed E-state index contributed by atoms with van der Waals surface area (Å²) >= 11 is 0. The van der Waals surface area contributed by atoms with Crippen molar-refractivity contribution in [2.24, 2.45) is 0 Å². The van der Waals surface area contributed by atoms with E-state index in [1.54, 1.807) is 12.3 Å². The van der Waals surface area contributed by atoms with Gasteiger partial charge in [0.15, 0.2) is 0 Å². The molecular formula is C9H13N3O. The first-order chi connectivity index (χ1) is 6.24. The molecule has 1 aromatic heterocycles. The maximum absolute atomic E-state index is 9.06. The summed E-state index contributed by atoms with van der Waals surface area (Å²) in [5, 5.41) is 12.3. The van der Waals surface area contributed by atoms with Gasteiger partial charge in [-0.1, -0.05) is 0 Å². The minimum Gasteiger partial charge on any atom is -0.394 e. The summed E-state index contributed by atoms with van der Waals surface area (Å²) in [5.74, 6) is 0.513. The lowest BCUT2D eigenvalue weighted by Crippen LogP contribution is -2.25. The molecule has 1 aliphatic rings. The Balaban J connectivity index is 2.06. The van der Waals surface area contributed by atoms with Crippen molar-refractivity contribution in [3.8, 4) is 0 Å². The van der Waals surface area contributed by atoms with Crippen LogP contribution < -0.4 is 11.1 Å². The molecular weight excluding hydrogens is 166 g/mol.